The molecule has 2 fully saturated rings. The van der Waals surface area contributed by atoms with Gasteiger partial charge in [0.2, 0.25) is 11.8 Å². The minimum Gasteiger partial charge on any atom is -0.325 e. The van der Waals surface area contributed by atoms with Crippen molar-refractivity contribution in [2.24, 2.45) is 11.3 Å². The third-order valence-electron chi connectivity index (χ3n) is 5.36. The van der Waals surface area contributed by atoms with E-state index in [1.165, 1.54) is 18.2 Å². The number of amides is 2. The zero-order valence-corrected chi connectivity index (χ0v) is 15.0. The van der Waals surface area contributed by atoms with Crippen molar-refractivity contribution in [3.63, 3.8) is 0 Å². The lowest BCUT2D eigenvalue weighted by molar-refractivity contribution is -0.128. The number of carbonyl (C=O) groups excluding carboxylic acids is 2. The Bertz CT molecular complexity index is 669. The maximum absolute atomic E-state index is 13.0. The summed E-state index contributed by atoms with van der Waals surface area (Å²) in [7, 11) is 0. The number of anilines is 2. The summed E-state index contributed by atoms with van der Waals surface area (Å²) in [6.45, 7) is 1.73. The number of thioether (sulfide) groups is 1. The molecule has 1 saturated carbocycles. The zero-order chi connectivity index (χ0) is 15.9. The van der Waals surface area contributed by atoms with Crippen molar-refractivity contribution in [1.29, 1.82) is 0 Å². The second kappa shape index (κ2) is 6.94. The van der Waals surface area contributed by atoms with Crippen LogP contribution in [-0.4, -0.2) is 30.7 Å². The summed E-state index contributed by atoms with van der Waals surface area (Å²) >= 11 is 1.53. The van der Waals surface area contributed by atoms with Crippen LogP contribution in [0.3, 0.4) is 0 Å². The molecule has 2 amide bonds. The first-order valence-electron chi connectivity index (χ1n) is 8.26. The van der Waals surface area contributed by atoms with Crippen LogP contribution in [0.4, 0.5) is 11.4 Å². The van der Waals surface area contributed by atoms with E-state index in [4.69, 9.17) is 0 Å². The molecule has 0 radical (unpaired) electrons. The van der Waals surface area contributed by atoms with Crippen molar-refractivity contribution in [2.45, 2.75) is 30.6 Å². The average Bonchev–Trinajstić information content (AvgIpc) is 2.99. The molecule has 0 spiro atoms. The highest BCUT2D eigenvalue weighted by Gasteiger charge is 2.49. The molecule has 0 aromatic heterocycles. The molecule has 1 aromatic rings. The molecule has 2 aliphatic heterocycles. The number of carbonyl (C=O) groups is 2. The van der Waals surface area contributed by atoms with Crippen LogP contribution in [0.25, 0.3) is 0 Å². The number of fused-ring (bicyclic) bond motifs is 2. The van der Waals surface area contributed by atoms with Crippen LogP contribution in [0.2, 0.25) is 0 Å². The highest BCUT2D eigenvalue weighted by Crippen LogP contribution is 2.44. The van der Waals surface area contributed by atoms with E-state index in [1.54, 1.807) is 0 Å². The van der Waals surface area contributed by atoms with E-state index in [-0.39, 0.29) is 29.6 Å². The van der Waals surface area contributed by atoms with Gasteiger partial charge >= 0.3 is 0 Å². The van der Waals surface area contributed by atoms with Gasteiger partial charge in [-0.2, -0.15) is 0 Å². The monoisotopic (exact) mass is 367 g/mol. The molecule has 1 aliphatic carbocycles. The first-order valence-corrected chi connectivity index (χ1v) is 9.25. The molecule has 3 N–H and O–H groups in total. The van der Waals surface area contributed by atoms with Crippen LogP contribution in [0.5, 0.6) is 0 Å². The van der Waals surface area contributed by atoms with Gasteiger partial charge in [0.15, 0.2) is 0 Å². The smallest absolute Gasteiger partial charge is 0.234 e. The number of nitrogens with one attached hydrogen (secondary N) is 3. The summed E-state index contributed by atoms with van der Waals surface area (Å²) in [5.41, 5.74) is 1.31. The van der Waals surface area contributed by atoms with E-state index in [0.29, 0.717) is 11.7 Å². The largest absolute Gasteiger partial charge is 0.325 e. The van der Waals surface area contributed by atoms with E-state index in [1.807, 2.05) is 18.2 Å². The fourth-order valence-electron chi connectivity index (χ4n) is 4.11. The Labute approximate surface area is 152 Å². The Kier molecular flexibility index (Phi) is 5.08. The molecule has 4 rings (SSSR count). The van der Waals surface area contributed by atoms with Crippen LogP contribution in [0, 0.1) is 11.3 Å². The molecule has 7 heteroatoms. The minimum absolute atomic E-state index is 0. The fourth-order valence-corrected chi connectivity index (χ4v) is 4.90. The van der Waals surface area contributed by atoms with E-state index in [9.17, 15) is 9.59 Å². The minimum atomic E-state index is -0.258. The van der Waals surface area contributed by atoms with Gasteiger partial charge in [0.25, 0.3) is 0 Å². The third-order valence-corrected chi connectivity index (χ3v) is 6.43. The highest BCUT2D eigenvalue weighted by molar-refractivity contribution is 8.00. The predicted octanol–water partition coefficient (Wildman–Crippen LogP) is 2.87. The van der Waals surface area contributed by atoms with Crippen molar-refractivity contribution >= 4 is 47.4 Å². The van der Waals surface area contributed by atoms with Gasteiger partial charge in [0, 0.05) is 17.1 Å². The Morgan fingerprint density at radius 1 is 1.33 bits per heavy atom. The maximum atomic E-state index is 13.0. The van der Waals surface area contributed by atoms with Gasteiger partial charge in [-0.25, -0.2) is 0 Å². The van der Waals surface area contributed by atoms with Crippen LogP contribution < -0.4 is 16.0 Å². The van der Waals surface area contributed by atoms with Crippen LogP contribution in [-0.2, 0) is 9.59 Å². The Morgan fingerprint density at radius 2 is 2.21 bits per heavy atom. The molecule has 5 nitrogen and oxygen atoms in total. The van der Waals surface area contributed by atoms with Crippen molar-refractivity contribution in [3.05, 3.63) is 18.2 Å². The molecule has 1 saturated heterocycles. The molecule has 0 bridgehead atoms. The van der Waals surface area contributed by atoms with Crippen molar-refractivity contribution < 1.29 is 9.59 Å². The molecule has 24 heavy (non-hydrogen) atoms. The number of hydrogen-bond donors (Lipinski definition) is 3. The highest BCUT2D eigenvalue weighted by atomic mass is 35.5. The number of halogens is 1. The Balaban J connectivity index is 0.00000169. The first kappa shape index (κ1) is 17.6. The van der Waals surface area contributed by atoms with Crippen molar-refractivity contribution in [2.75, 3.05) is 29.5 Å². The second-order valence-electron chi connectivity index (χ2n) is 6.73. The molecular weight excluding hydrogens is 346 g/mol. The molecule has 3 aliphatic rings. The molecule has 1 aromatic carbocycles. The van der Waals surface area contributed by atoms with E-state index >= 15 is 0 Å². The standard InChI is InChI=1S/C17H21N3O2S.ClH/c21-15-9-23-14-5-4-12(7-13(14)20-15)19-16(22)17-6-2-1-3-11(17)8-18-10-17;/h4-5,7,11,18H,1-3,6,8-10H2,(H,19,22)(H,20,21);1H/t11-,17+;/m0./s1. The zero-order valence-electron chi connectivity index (χ0n) is 13.4. The summed E-state index contributed by atoms with van der Waals surface area (Å²) in [4.78, 5) is 25.5. The maximum Gasteiger partial charge on any atom is 0.234 e. The summed E-state index contributed by atoms with van der Waals surface area (Å²) in [6.07, 6.45) is 4.46. The van der Waals surface area contributed by atoms with Crippen LogP contribution >= 0.6 is 24.2 Å². The van der Waals surface area contributed by atoms with Crippen LogP contribution in [0.1, 0.15) is 25.7 Å². The van der Waals surface area contributed by atoms with E-state index in [2.05, 4.69) is 16.0 Å². The van der Waals surface area contributed by atoms with E-state index < -0.39 is 0 Å². The number of rotatable bonds is 2. The Hall–Kier alpha value is -1.24. The van der Waals surface area contributed by atoms with Gasteiger partial charge in [-0.05, 0) is 43.5 Å². The second-order valence-corrected chi connectivity index (χ2v) is 7.75. The molecule has 130 valence electrons. The summed E-state index contributed by atoms with van der Waals surface area (Å²) in [5.74, 6) is 1.04. The van der Waals surface area contributed by atoms with Crippen LogP contribution in [0.15, 0.2) is 23.1 Å². The van der Waals surface area contributed by atoms with Gasteiger partial charge < -0.3 is 16.0 Å². The average molecular weight is 368 g/mol. The summed E-state index contributed by atoms with van der Waals surface area (Å²) in [5, 5.41) is 9.38. The quantitative estimate of drug-likeness (QED) is 0.751. The number of hydrogen-bond acceptors (Lipinski definition) is 4. The first-order chi connectivity index (χ1) is 11.2. The fraction of sp³-hybridized carbons (Fsp3) is 0.529. The SMILES string of the molecule is Cl.O=C1CSc2ccc(NC(=O)[C@@]34CCCC[C@H]3CNC4)cc2N1. The topological polar surface area (TPSA) is 70.2 Å². The van der Waals surface area contributed by atoms with Gasteiger partial charge in [0.1, 0.15) is 0 Å². The lowest BCUT2D eigenvalue weighted by atomic mass is 9.67. The lowest BCUT2D eigenvalue weighted by Gasteiger charge is -2.37. The van der Waals surface area contributed by atoms with Gasteiger partial charge in [-0.15, -0.1) is 24.2 Å². The lowest BCUT2D eigenvalue weighted by Crippen LogP contribution is -2.44. The van der Waals surface area contributed by atoms with Crippen molar-refractivity contribution in [1.82, 2.24) is 5.32 Å². The van der Waals surface area contributed by atoms with Crippen molar-refractivity contribution in [3.8, 4) is 0 Å². The Morgan fingerprint density at radius 3 is 3.08 bits per heavy atom. The molecule has 0 unspecified atom stereocenters. The molecule has 2 heterocycles. The molecular formula is C17H22ClN3O2S. The summed E-state index contributed by atoms with van der Waals surface area (Å²) < 4.78 is 0. The predicted molar refractivity (Wildman–Crippen MR) is 98.9 cm³/mol. The van der Waals surface area contributed by atoms with E-state index in [0.717, 1.165) is 48.6 Å². The molecule has 2 atom stereocenters. The van der Waals surface area contributed by atoms with Gasteiger partial charge in [-0.1, -0.05) is 12.8 Å². The normalized spacial score (nSPS) is 28.2. The van der Waals surface area contributed by atoms with Gasteiger partial charge in [-0.3, -0.25) is 9.59 Å². The number of benzene rings is 1. The van der Waals surface area contributed by atoms with Gasteiger partial charge in [0.05, 0.1) is 16.9 Å². The third kappa shape index (κ3) is 3.03. The summed E-state index contributed by atoms with van der Waals surface area (Å²) in [6, 6.07) is 5.77.